The Kier molecular flexibility index (Phi) is 9.39. The highest BCUT2D eigenvalue weighted by Crippen LogP contribution is 2.32. The van der Waals surface area contributed by atoms with Crippen LogP contribution in [0, 0.1) is 5.82 Å². The van der Waals surface area contributed by atoms with Gasteiger partial charge in [-0.3, -0.25) is 0 Å². The van der Waals surface area contributed by atoms with Crippen LogP contribution < -0.4 is 9.47 Å². The zero-order chi connectivity index (χ0) is 21.9. The summed E-state index contributed by atoms with van der Waals surface area (Å²) >= 11 is 0. The number of ether oxygens (including phenoxy) is 2. The largest absolute Gasteiger partial charge is 0.490 e. The van der Waals surface area contributed by atoms with Crippen LogP contribution >= 0.6 is 0 Å². The topological polar surface area (TPSA) is 31.4 Å². The number of hydrogen-bond donors (Lipinski definition) is 0. The van der Waals surface area contributed by atoms with Gasteiger partial charge in [-0.15, -0.1) is 0 Å². The third-order valence-corrected chi connectivity index (χ3v) is 5.74. The van der Waals surface area contributed by atoms with Gasteiger partial charge >= 0.3 is 0 Å². The summed E-state index contributed by atoms with van der Waals surface area (Å²) in [4.78, 5) is 4.60. The van der Waals surface area contributed by atoms with Crippen LogP contribution in [-0.2, 0) is 0 Å². The Bertz CT molecular complexity index is 957. The second kappa shape index (κ2) is 12.5. The van der Waals surface area contributed by atoms with Crippen molar-refractivity contribution >= 4 is 21.7 Å². The number of benzene rings is 2. The quantitative estimate of drug-likeness (QED) is 0.192. The van der Waals surface area contributed by atoms with Gasteiger partial charge in [-0.05, 0) is 48.6 Å². The molecule has 31 heavy (non-hydrogen) atoms. The predicted octanol–water partition coefficient (Wildman–Crippen LogP) is 8.23. The maximum absolute atomic E-state index is 15.1. The van der Waals surface area contributed by atoms with Crippen LogP contribution in [0.15, 0.2) is 36.4 Å². The summed E-state index contributed by atoms with van der Waals surface area (Å²) in [6, 6.07) is 11.2. The smallest absolute Gasteiger partial charge is 0.213 e. The monoisotopic (exact) mass is 425 g/mol. The maximum Gasteiger partial charge on any atom is 0.213 e. The van der Waals surface area contributed by atoms with E-state index >= 15 is 4.39 Å². The molecule has 0 fully saturated rings. The Balaban J connectivity index is 1.62. The van der Waals surface area contributed by atoms with E-state index in [4.69, 9.17) is 9.47 Å². The first-order valence-electron chi connectivity index (χ1n) is 12.0. The van der Waals surface area contributed by atoms with Gasteiger partial charge in [0, 0.05) is 16.8 Å². The molecule has 0 saturated carbocycles. The number of aromatic nitrogens is 1. The second-order valence-electron chi connectivity index (χ2n) is 8.28. The molecule has 0 aliphatic heterocycles. The summed E-state index contributed by atoms with van der Waals surface area (Å²) in [5.74, 6) is 0.669. The van der Waals surface area contributed by atoms with Crippen LogP contribution in [0.25, 0.3) is 21.7 Å². The lowest BCUT2D eigenvalue weighted by atomic mass is 10.0. The lowest BCUT2D eigenvalue weighted by Gasteiger charge is -2.11. The fourth-order valence-corrected chi connectivity index (χ4v) is 3.91. The van der Waals surface area contributed by atoms with Crippen molar-refractivity contribution in [3.8, 4) is 11.6 Å². The van der Waals surface area contributed by atoms with Crippen molar-refractivity contribution in [1.82, 2.24) is 4.98 Å². The van der Waals surface area contributed by atoms with Crippen molar-refractivity contribution in [2.75, 3.05) is 13.2 Å². The van der Waals surface area contributed by atoms with Crippen molar-refractivity contribution in [3.63, 3.8) is 0 Å². The summed E-state index contributed by atoms with van der Waals surface area (Å²) in [7, 11) is 0. The number of halogens is 1. The minimum atomic E-state index is -0.290. The van der Waals surface area contributed by atoms with Gasteiger partial charge < -0.3 is 9.47 Å². The van der Waals surface area contributed by atoms with Crippen LogP contribution in [0.4, 0.5) is 4.39 Å². The molecule has 3 aromatic rings. The Labute approximate surface area is 186 Å². The fourth-order valence-electron chi connectivity index (χ4n) is 3.91. The molecule has 4 heteroatoms. The van der Waals surface area contributed by atoms with Crippen LogP contribution in [0.3, 0.4) is 0 Å². The Morgan fingerprint density at radius 3 is 2.06 bits per heavy atom. The van der Waals surface area contributed by atoms with Crippen LogP contribution in [-0.4, -0.2) is 18.2 Å². The summed E-state index contributed by atoms with van der Waals surface area (Å²) in [6.45, 7) is 5.63. The van der Waals surface area contributed by atoms with Gasteiger partial charge in [-0.1, -0.05) is 65.2 Å². The van der Waals surface area contributed by atoms with Crippen molar-refractivity contribution < 1.29 is 13.9 Å². The maximum atomic E-state index is 15.1. The van der Waals surface area contributed by atoms with Gasteiger partial charge in [0.25, 0.3) is 0 Å². The SMILES string of the molecule is CCCCCCCCCOc1ccc2c(ccc3nc(OCCCCC)ccc32)c1F. The third kappa shape index (κ3) is 6.56. The molecular formula is C27H36FNO2. The van der Waals surface area contributed by atoms with Gasteiger partial charge in [0.2, 0.25) is 5.88 Å². The molecular weight excluding hydrogens is 389 g/mol. The third-order valence-electron chi connectivity index (χ3n) is 5.74. The first-order valence-corrected chi connectivity index (χ1v) is 12.0. The molecule has 0 radical (unpaired) electrons. The minimum absolute atomic E-state index is 0.290. The van der Waals surface area contributed by atoms with E-state index in [-0.39, 0.29) is 5.82 Å². The van der Waals surface area contributed by atoms with Crippen molar-refractivity contribution in [2.24, 2.45) is 0 Å². The Hall–Kier alpha value is -2.36. The molecule has 0 amide bonds. The van der Waals surface area contributed by atoms with E-state index in [9.17, 15) is 0 Å². The molecule has 0 saturated heterocycles. The van der Waals surface area contributed by atoms with E-state index in [1.165, 1.54) is 32.1 Å². The van der Waals surface area contributed by atoms with E-state index in [0.29, 0.717) is 30.2 Å². The number of pyridine rings is 1. The average Bonchev–Trinajstić information content (AvgIpc) is 2.79. The predicted molar refractivity (Wildman–Crippen MR) is 128 cm³/mol. The van der Waals surface area contributed by atoms with Gasteiger partial charge in [-0.25, -0.2) is 9.37 Å². The highest BCUT2D eigenvalue weighted by atomic mass is 19.1. The van der Waals surface area contributed by atoms with Gasteiger partial charge in [0.05, 0.1) is 18.7 Å². The van der Waals surface area contributed by atoms with Gasteiger partial charge in [0.15, 0.2) is 11.6 Å². The first-order chi connectivity index (χ1) is 15.2. The summed E-state index contributed by atoms with van der Waals surface area (Å²) in [6.07, 6.45) is 11.9. The molecule has 0 aliphatic rings. The molecule has 0 N–H and O–H groups in total. The first kappa shape index (κ1) is 23.3. The minimum Gasteiger partial charge on any atom is -0.490 e. The number of fused-ring (bicyclic) bond motifs is 3. The number of hydrogen-bond acceptors (Lipinski definition) is 3. The summed E-state index contributed by atoms with van der Waals surface area (Å²) in [5.41, 5.74) is 0.816. The number of rotatable bonds is 14. The Morgan fingerprint density at radius 2 is 1.26 bits per heavy atom. The molecule has 1 aromatic heterocycles. The van der Waals surface area contributed by atoms with Crippen LogP contribution in [0.5, 0.6) is 11.6 Å². The van der Waals surface area contributed by atoms with E-state index in [2.05, 4.69) is 18.8 Å². The molecule has 0 unspecified atom stereocenters. The van der Waals surface area contributed by atoms with Gasteiger partial charge in [0.1, 0.15) is 0 Å². The number of unbranched alkanes of at least 4 members (excludes halogenated alkanes) is 8. The zero-order valence-electron chi connectivity index (χ0n) is 19.1. The van der Waals surface area contributed by atoms with E-state index in [0.717, 1.165) is 48.4 Å². The molecule has 0 atom stereocenters. The molecule has 2 aromatic carbocycles. The highest BCUT2D eigenvalue weighted by molar-refractivity contribution is 6.06. The van der Waals surface area contributed by atoms with Gasteiger partial charge in [-0.2, -0.15) is 0 Å². The van der Waals surface area contributed by atoms with E-state index in [1.54, 1.807) is 12.1 Å². The summed E-state index contributed by atoms with van der Waals surface area (Å²) < 4.78 is 26.6. The second-order valence-corrected chi connectivity index (χ2v) is 8.28. The zero-order valence-corrected chi connectivity index (χ0v) is 19.1. The highest BCUT2D eigenvalue weighted by Gasteiger charge is 2.12. The molecule has 168 valence electrons. The average molecular weight is 426 g/mol. The Morgan fingerprint density at radius 1 is 0.645 bits per heavy atom. The van der Waals surface area contributed by atoms with Crippen LogP contribution in [0.1, 0.15) is 78.1 Å². The molecule has 1 heterocycles. The van der Waals surface area contributed by atoms with Crippen molar-refractivity contribution in [2.45, 2.75) is 78.1 Å². The molecule has 0 bridgehead atoms. The lowest BCUT2D eigenvalue weighted by molar-refractivity contribution is 0.291. The standard InChI is InChI=1S/C27H36FNO2/c1-3-5-7-8-9-10-12-19-30-25-17-14-21-22-15-18-26(31-20-11-6-4-2)29-24(22)16-13-23(21)27(25)28/h13-18H,3-12,19-20H2,1-2H3. The fraction of sp³-hybridized carbons (Fsp3) is 0.519. The number of nitrogens with zero attached hydrogens (tertiary/aromatic N) is 1. The van der Waals surface area contributed by atoms with Crippen LogP contribution in [0.2, 0.25) is 0 Å². The van der Waals surface area contributed by atoms with Crippen molar-refractivity contribution in [3.05, 3.63) is 42.2 Å². The van der Waals surface area contributed by atoms with Crippen molar-refractivity contribution in [1.29, 1.82) is 0 Å². The van der Waals surface area contributed by atoms with E-state index < -0.39 is 0 Å². The van der Waals surface area contributed by atoms with E-state index in [1.807, 2.05) is 24.3 Å². The molecule has 3 nitrogen and oxygen atoms in total. The molecule has 0 aliphatic carbocycles. The molecule has 0 spiro atoms. The lowest BCUT2D eigenvalue weighted by Crippen LogP contribution is -2.00. The molecule has 3 rings (SSSR count). The normalized spacial score (nSPS) is 11.3. The summed E-state index contributed by atoms with van der Waals surface area (Å²) in [5, 5.41) is 2.35.